The van der Waals surface area contributed by atoms with Crippen LogP contribution < -0.4 is 0 Å². The lowest BCUT2D eigenvalue weighted by atomic mass is 10.2. The highest BCUT2D eigenvalue weighted by atomic mass is 19.4. The Morgan fingerprint density at radius 2 is 1.91 bits per heavy atom. The van der Waals surface area contributed by atoms with Gasteiger partial charge in [0.15, 0.2) is 5.69 Å². The van der Waals surface area contributed by atoms with Crippen molar-refractivity contribution in [3.05, 3.63) is 41.7 Å². The first-order valence-corrected chi connectivity index (χ1v) is 6.65. The van der Waals surface area contributed by atoms with Crippen LogP contribution in [0.3, 0.4) is 0 Å². The number of halogens is 3. The molecule has 8 heteroatoms. The van der Waals surface area contributed by atoms with E-state index in [4.69, 9.17) is 0 Å². The number of benzene rings is 1. The Balaban J connectivity index is 2.19. The van der Waals surface area contributed by atoms with E-state index in [0.717, 1.165) is 5.56 Å². The summed E-state index contributed by atoms with van der Waals surface area (Å²) in [6, 6.07) is 7.29. The fraction of sp³-hybridized carbons (Fsp3) is 0.357. The van der Waals surface area contributed by atoms with Crippen LogP contribution >= 0.6 is 0 Å². The third kappa shape index (κ3) is 3.84. The predicted octanol–water partition coefficient (Wildman–Crippen LogP) is 2.60. The number of aromatic nitrogens is 3. The number of carbonyl (C=O) groups is 1. The Kier molecular flexibility index (Phi) is 4.48. The van der Waals surface area contributed by atoms with Crippen molar-refractivity contribution in [2.45, 2.75) is 20.0 Å². The summed E-state index contributed by atoms with van der Waals surface area (Å²) in [5.41, 5.74) is 1.62. The number of carbonyl (C=O) groups excluding carboxylic acids is 1. The summed E-state index contributed by atoms with van der Waals surface area (Å²) in [5, 5.41) is 7.46. The van der Waals surface area contributed by atoms with E-state index in [1.165, 1.54) is 17.8 Å². The lowest BCUT2D eigenvalue weighted by Crippen LogP contribution is -2.38. The number of hydrogen-bond acceptors (Lipinski definition) is 3. The molecule has 0 aliphatic heterocycles. The topological polar surface area (TPSA) is 51.0 Å². The molecule has 0 radical (unpaired) electrons. The monoisotopic (exact) mass is 312 g/mol. The zero-order valence-electron chi connectivity index (χ0n) is 12.1. The Hall–Kier alpha value is -2.38. The minimum absolute atomic E-state index is 0.0598. The summed E-state index contributed by atoms with van der Waals surface area (Å²) < 4.78 is 38.7. The first kappa shape index (κ1) is 16.0. The van der Waals surface area contributed by atoms with Gasteiger partial charge in [-0.25, -0.2) is 4.68 Å². The van der Waals surface area contributed by atoms with Crippen molar-refractivity contribution in [3.63, 3.8) is 0 Å². The molecule has 0 saturated carbocycles. The van der Waals surface area contributed by atoms with Crippen LogP contribution in [0.2, 0.25) is 0 Å². The van der Waals surface area contributed by atoms with E-state index in [0.29, 0.717) is 10.6 Å². The molecule has 0 unspecified atom stereocenters. The van der Waals surface area contributed by atoms with Crippen LogP contribution in [-0.2, 0) is 0 Å². The van der Waals surface area contributed by atoms with E-state index in [2.05, 4.69) is 10.3 Å². The molecule has 0 atom stereocenters. The van der Waals surface area contributed by atoms with Gasteiger partial charge in [-0.3, -0.25) is 4.79 Å². The minimum Gasteiger partial charge on any atom is -0.328 e. The first-order valence-electron chi connectivity index (χ1n) is 6.65. The largest absolute Gasteiger partial charge is 0.406 e. The lowest BCUT2D eigenvalue weighted by molar-refractivity contribution is -0.140. The predicted molar refractivity (Wildman–Crippen MR) is 73.7 cm³/mol. The highest BCUT2D eigenvalue weighted by molar-refractivity contribution is 5.92. The van der Waals surface area contributed by atoms with Crippen LogP contribution in [0.1, 0.15) is 23.0 Å². The first-order chi connectivity index (χ1) is 10.3. The highest BCUT2D eigenvalue weighted by Gasteiger charge is 2.33. The molecule has 0 N–H and O–H groups in total. The van der Waals surface area contributed by atoms with Crippen molar-refractivity contribution in [1.29, 1.82) is 0 Å². The molecule has 0 saturated heterocycles. The lowest BCUT2D eigenvalue weighted by Gasteiger charge is -2.20. The van der Waals surface area contributed by atoms with Gasteiger partial charge in [0.25, 0.3) is 5.91 Å². The highest BCUT2D eigenvalue weighted by Crippen LogP contribution is 2.18. The van der Waals surface area contributed by atoms with Crippen molar-refractivity contribution in [2.24, 2.45) is 0 Å². The van der Waals surface area contributed by atoms with Crippen molar-refractivity contribution in [3.8, 4) is 5.69 Å². The molecule has 0 aliphatic carbocycles. The van der Waals surface area contributed by atoms with Crippen LogP contribution in [-0.4, -0.2) is 45.1 Å². The Labute approximate surface area is 125 Å². The van der Waals surface area contributed by atoms with Gasteiger partial charge in [-0.05, 0) is 26.0 Å². The Morgan fingerprint density at radius 1 is 1.27 bits per heavy atom. The SMILES string of the molecule is CCN(CC(F)(F)F)C(=O)c1cn(-c2ccc(C)cc2)nn1. The van der Waals surface area contributed by atoms with E-state index < -0.39 is 18.6 Å². The van der Waals surface area contributed by atoms with Crippen LogP contribution in [0.4, 0.5) is 13.2 Å². The van der Waals surface area contributed by atoms with Crippen molar-refractivity contribution in [2.75, 3.05) is 13.1 Å². The van der Waals surface area contributed by atoms with Crippen LogP contribution in [0.15, 0.2) is 30.5 Å². The molecular formula is C14H15F3N4O. The minimum atomic E-state index is -4.45. The number of aryl methyl sites for hydroxylation is 1. The van der Waals surface area contributed by atoms with E-state index in [-0.39, 0.29) is 12.2 Å². The van der Waals surface area contributed by atoms with Gasteiger partial charge in [-0.2, -0.15) is 13.2 Å². The van der Waals surface area contributed by atoms with Gasteiger partial charge in [-0.1, -0.05) is 22.9 Å². The maximum atomic E-state index is 12.4. The average Bonchev–Trinajstić information content (AvgIpc) is 2.93. The molecule has 22 heavy (non-hydrogen) atoms. The van der Waals surface area contributed by atoms with Crippen molar-refractivity contribution < 1.29 is 18.0 Å². The fourth-order valence-electron chi connectivity index (χ4n) is 1.89. The molecule has 0 spiro atoms. The van der Waals surface area contributed by atoms with E-state index in [1.54, 1.807) is 12.1 Å². The Bertz CT molecular complexity index is 649. The van der Waals surface area contributed by atoms with E-state index in [1.807, 2.05) is 19.1 Å². The van der Waals surface area contributed by atoms with E-state index >= 15 is 0 Å². The maximum absolute atomic E-state index is 12.4. The number of alkyl halides is 3. The Morgan fingerprint density at radius 3 is 2.45 bits per heavy atom. The summed E-state index contributed by atoms with van der Waals surface area (Å²) in [7, 11) is 0. The van der Waals surface area contributed by atoms with Crippen molar-refractivity contribution in [1.82, 2.24) is 19.9 Å². The van der Waals surface area contributed by atoms with Crippen LogP contribution in [0.5, 0.6) is 0 Å². The number of nitrogens with zero attached hydrogens (tertiary/aromatic N) is 4. The summed E-state index contributed by atoms with van der Waals surface area (Å²) in [4.78, 5) is 12.7. The zero-order chi connectivity index (χ0) is 16.3. The molecule has 1 aromatic heterocycles. The second kappa shape index (κ2) is 6.17. The maximum Gasteiger partial charge on any atom is 0.406 e. The third-order valence-corrected chi connectivity index (χ3v) is 3.05. The molecule has 1 heterocycles. The van der Waals surface area contributed by atoms with Gasteiger partial charge in [0.05, 0.1) is 11.9 Å². The summed E-state index contributed by atoms with van der Waals surface area (Å²) in [5.74, 6) is -0.793. The normalized spacial score (nSPS) is 11.5. The number of amides is 1. The molecule has 0 fully saturated rings. The van der Waals surface area contributed by atoms with Crippen LogP contribution in [0.25, 0.3) is 5.69 Å². The number of rotatable bonds is 4. The smallest absolute Gasteiger partial charge is 0.328 e. The van der Waals surface area contributed by atoms with Crippen molar-refractivity contribution >= 4 is 5.91 Å². The van der Waals surface area contributed by atoms with Gasteiger partial charge >= 0.3 is 6.18 Å². The molecule has 0 bridgehead atoms. The van der Waals surface area contributed by atoms with Gasteiger partial charge in [0.2, 0.25) is 0 Å². The fourth-order valence-corrected chi connectivity index (χ4v) is 1.89. The van der Waals surface area contributed by atoms with Gasteiger partial charge in [-0.15, -0.1) is 5.10 Å². The average molecular weight is 312 g/mol. The molecule has 2 rings (SSSR count). The third-order valence-electron chi connectivity index (χ3n) is 3.05. The molecule has 0 aliphatic rings. The zero-order valence-corrected chi connectivity index (χ0v) is 12.1. The summed E-state index contributed by atoms with van der Waals surface area (Å²) in [6.45, 7) is 2.04. The molecule has 5 nitrogen and oxygen atoms in total. The quantitative estimate of drug-likeness (QED) is 0.872. The standard InChI is InChI=1S/C14H15F3N4O/c1-3-20(9-14(15,16)17)13(22)12-8-21(19-18-12)11-6-4-10(2)5-7-11/h4-8H,3,9H2,1-2H3. The van der Waals surface area contributed by atoms with Gasteiger partial charge < -0.3 is 4.90 Å². The summed E-state index contributed by atoms with van der Waals surface area (Å²) >= 11 is 0. The van der Waals surface area contributed by atoms with Gasteiger partial charge in [0, 0.05) is 6.54 Å². The van der Waals surface area contributed by atoms with Gasteiger partial charge in [0.1, 0.15) is 6.54 Å². The van der Waals surface area contributed by atoms with Crippen LogP contribution in [0, 0.1) is 6.92 Å². The second-order valence-corrected chi connectivity index (χ2v) is 4.82. The second-order valence-electron chi connectivity index (χ2n) is 4.82. The molecular weight excluding hydrogens is 297 g/mol. The molecule has 118 valence electrons. The number of hydrogen-bond donors (Lipinski definition) is 0. The molecule has 1 aromatic carbocycles. The van der Waals surface area contributed by atoms with E-state index in [9.17, 15) is 18.0 Å². The molecule has 1 amide bonds. The molecule has 2 aromatic rings. The summed E-state index contributed by atoms with van der Waals surface area (Å²) in [6.07, 6.45) is -3.12.